The van der Waals surface area contributed by atoms with Gasteiger partial charge in [0.15, 0.2) is 12.5 Å². The van der Waals surface area contributed by atoms with E-state index in [0.29, 0.717) is 0 Å². The van der Waals surface area contributed by atoms with Gasteiger partial charge in [-0.05, 0) is 6.92 Å². The highest BCUT2D eigenvalue weighted by molar-refractivity contribution is 5.73. The minimum absolute atomic E-state index is 0.0313. The van der Waals surface area contributed by atoms with E-state index in [1.807, 2.05) is 0 Å². The number of nitrogens with one attached hydrogen (secondary N) is 2. The summed E-state index contributed by atoms with van der Waals surface area (Å²) in [5, 5.41) is 4.60. The summed E-state index contributed by atoms with van der Waals surface area (Å²) in [5.41, 5.74) is 0. The second-order valence-corrected chi connectivity index (χ2v) is 3.10. The van der Waals surface area contributed by atoms with E-state index in [4.69, 9.17) is 0 Å². The van der Waals surface area contributed by atoms with Crippen molar-refractivity contribution in [2.75, 3.05) is 6.73 Å². The van der Waals surface area contributed by atoms with Gasteiger partial charge >= 0.3 is 11.9 Å². The third-order valence-corrected chi connectivity index (χ3v) is 1.75. The number of carbonyl (C=O) groups is 2. The number of hydrogen-bond donors (Lipinski definition) is 2. The van der Waals surface area contributed by atoms with Crippen LogP contribution in [0.1, 0.15) is 18.4 Å². The predicted molar refractivity (Wildman–Crippen MR) is 54.0 cm³/mol. The van der Waals surface area contributed by atoms with Crippen LogP contribution in [0.25, 0.3) is 0 Å². The smallest absolute Gasteiger partial charge is 0.428 e. The fourth-order valence-electron chi connectivity index (χ4n) is 0.943. The highest BCUT2D eigenvalue weighted by atomic mass is 16.6. The zero-order valence-electron chi connectivity index (χ0n) is 9.36. The Bertz CT molecular complexity index is 460. The molecule has 0 aliphatic heterocycles. The number of hydrogen-bond acceptors (Lipinski definition) is 6. The molecule has 0 aliphatic rings. The molecule has 0 radical (unpaired) electrons. The minimum atomic E-state index is -0.828. The highest BCUT2D eigenvalue weighted by Gasteiger charge is 2.10. The zero-order chi connectivity index (χ0) is 12.8. The SMILES string of the molecule is CC(=O)NCOC(=O)NCc1oc(=O)oc1C. The van der Waals surface area contributed by atoms with Gasteiger partial charge in [-0.1, -0.05) is 0 Å². The standard InChI is InChI=1S/C9H12N2O6/c1-5-7(17-9(14)16-5)3-10-8(13)15-4-11-6(2)12/h3-4H2,1-2H3,(H,10,13)(H,11,12). The van der Waals surface area contributed by atoms with Gasteiger partial charge in [0.2, 0.25) is 5.91 Å². The molecular formula is C9H12N2O6. The molecule has 1 aromatic heterocycles. The van der Waals surface area contributed by atoms with Crippen LogP contribution in [0.3, 0.4) is 0 Å². The number of ether oxygens (including phenoxy) is 1. The van der Waals surface area contributed by atoms with Gasteiger partial charge in [-0.3, -0.25) is 4.79 Å². The third kappa shape index (κ3) is 4.41. The first-order chi connectivity index (χ1) is 7.99. The molecule has 0 unspecified atom stereocenters. The second-order valence-electron chi connectivity index (χ2n) is 3.10. The molecule has 1 aromatic rings. The normalized spacial score (nSPS) is 9.76. The van der Waals surface area contributed by atoms with E-state index in [9.17, 15) is 14.4 Å². The van der Waals surface area contributed by atoms with Gasteiger partial charge in [0.25, 0.3) is 0 Å². The van der Waals surface area contributed by atoms with Crippen LogP contribution in [0.5, 0.6) is 0 Å². The van der Waals surface area contributed by atoms with Gasteiger partial charge in [0, 0.05) is 6.92 Å². The summed E-state index contributed by atoms with van der Waals surface area (Å²) >= 11 is 0. The van der Waals surface area contributed by atoms with Crippen molar-refractivity contribution in [2.45, 2.75) is 20.4 Å². The van der Waals surface area contributed by atoms with Crippen molar-refractivity contribution in [2.24, 2.45) is 0 Å². The number of amides is 2. The number of alkyl carbamates (subject to hydrolysis) is 1. The maximum atomic E-state index is 11.1. The lowest BCUT2D eigenvalue weighted by Gasteiger charge is -2.05. The van der Waals surface area contributed by atoms with E-state index >= 15 is 0 Å². The van der Waals surface area contributed by atoms with Gasteiger partial charge in [0.1, 0.15) is 5.76 Å². The Morgan fingerprint density at radius 2 is 2.00 bits per heavy atom. The molecule has 0 aromatic carbocycles. The largest absolute Gasteiger partial charge is 0.519 e. The first kappa shape index (κ1) is 12.8. The molecule has 2 amide bonds. The molecule has 0 atom stereocenters. The van der Waals surface area contributed by atoms with Crippen molar-refractivity contribution in [3.63, 3.8) is 0 Å². The first-order valence-electron chi connectivity index (χ1n) is 4.73. The molecule has 8 heteroatoms. The number of carbonyl (C=O) groups excluding carboxylic acids is 2. The molecule has 0 aliphatic carbocycles. The fraction of sp³-hybridized carbons (Fsp3) is 0.444. The van der Waals surface area contributed by atoms with Crippen LogP contribution in [0.15, 0.2) is 13.6 Å². The van der Waals surface area contributed by atoms with Crippen LogP contribution in [0, 0.1) is 6.92 Å². The summed E-state index contributed by atoms with van der Waals surface area (Å²) < 4.78 is 13.8. The molecule has 94 valence electrons. The van der Waals surface area contributed by atoms with Gasteiger partial charge in [0.05, 0.1) is 6.54 Å². The molecule has 0 spiro atoms. The van der Waals surface area contributed by atoms with Crippen LogP contribution >= 0.6 is 0 Å². The molecule has 2 N–H and O–H groups in total. The lowest BCUT2D eigenvalue weighted by atomic mass is 10.4. The molecule has 0 saturated heterocycles. The Morgan fingerprint density at radius 3 is 2.53 bits per heavy atom. The van der Waals surface area contributed by atoms with Crippen LogP contribution in [-0.4, -0.2) is 18.7 Å². The average Bonchev–Trinajstić information content (AvgIpc) is 2.54. The third-order valence-electron chi connectivity index (χ3n) is 1.75. The monoisotopic (exact) mass is 244 g/mol. The van der Waals surface area contributed by atoms with Crippen molar-refractivity contribution >= 4 is 12.0 Å². The molecule has 1 heterocycles. The van der Waals surface area contributed by atoms with Gasteiger partial charge in [-0.15, -0.1) is 0 Å². The molecule has 0 saturated carbocycles. The Labute approximate surface area is 95.9 Å². The summed E-state index contributed by atoms with van der Waals surface area (Å²) in [7, 11) is 0. The topological polar surface area (TPSA) is 111 Å². The lowest BCUT2D eigenvalue weighted by Crippen LogP contribution is -2.30. The fourth-order valence-corrected chi connectivity index (χ4v) is 0.943. The summed E-state index contributed by atoms with van der Waals surface area (Å²) in [6, 6.07) is 0. The first-order valence-corrected chi connectivity index (χ1v) is 4.73. The minimum Gasteiger partial charge on any atom is -0.428 e. The predicted octanol–water partition coefficient (Wildman–Crippen LogP) is -0.139. The molecule has 0 bridgehead atoms. The quantitative estimate of drug-likeness (QED) is 0.713. The van der Waals surface area contributed by atoms with Crippen LogP contribution in [0.2, 0.25) is 0 Å². The maximum Gasteiger partial charge on any atom is 0.519 e. The molecule has 17 heavy (non-hydrogen) atoms. The molecule has 8 nitrogen and oxygen atoms in total. The summed E-state index contributed by atoms with van der Waals surface area (Å²) in [6.45, 7) is 2.57. The Morgan fingerprint density at radius 1 is 1.29 bits per heavy atom. The van der Waals surface area contributed by atoms with Crippen molar-refractivity contribution in [1.29, 1.82) is 0 Å². The number of rotatable bonds is 4. The van der Waals surface area contributed by atoms with E-state index in [1.165, 1.54) is 13.8 Å². The lowest BCUT2D eigenvalue weighted by molar-refractivity contribution is -0.120. The number of aryl methyl sites for hydroxylation is 1. The zero-order valence-corrected chi connectivity index (χ0v) is 9.36. The van der Waals surface area contributed by atoms with Crippen molar-refractivity contribution in [3.05, 3.63) is 22.1 Å². The average molecular weight is 244 g/mol. The highest BCUT2D eigenvalue weighted by Crippen LogP contribution is 2.03. The Kier molecular flexibility index (Phi) is 4.32. The van der Waals surface area contributed by atoms with Crippen LogP contribution in [0.4, 0.5) is 4.79 Å². The van der Waals surface area contributed by atoms with Crippen LogP contribution < -0.4 is 16.5 Å². The van der Waals surface area contributed by atoms with Crippen molar-refractivity contribution in [1.82, 2.24) is 10.6 Å². The van der Waals surface area contributed by atoms with E-state index < -0.39 is 11.9 Å². The molecule has 0 fully saturated rings. The van der Waals surface area contributed by atoms with E-state index in [1.54, 1.807) is 0 Å². The van der Waals surface area contributed by atoms with Crippen LogP contribution in [-0.2, 0) is 16.1 Å². The second kappa shape index (κ2) is 5.73. The summed E-state index contributed by atoms with van der Waals surface area (Å²) in [6.07, 6.45) is -0.748. The van der Waals surface area contributed by atoms with E-state index in [2.05, 4.69) is 24.2 Å². The van der Waals surface area contributed by atoms with Gasteiger partial charge in [-0.25, -0.2) is 9.59 Å². The van der Waals surface area contributed by atoms with Gasteiger partial charge in [-0.2, -0.15) is 0 Å². The van der Waals surface area contributed by atoms with E-state index in [-0.39, 0.29) is 30.7 Å². The molecule has 1 rings (SSSR count). The Hall–Kier alpha value is -2.25. The maximum absolute atomic E-state index is 11.1. The van der Waals surface area contributed by atoms with Crippen molar-refractivity contribution in [3.8, 4) is 0 Å². The Balaban J connectivity index is 2.31. The van der Waals surface area contributed by atoms with Gasteiger partial charge < -0.3 is 24.2 Å². The van der Waals surface area contributed by atoms with E-state index in [0.717, 1.165) is 0 Å². The summed E-state index contributed by atoms with van der Waals surface area (Å²) in [4.78, 5) is 32.2. The molecular weight excluding hydrogens is 232 g/mol. The van der Waals surface area contributed by atoms with Crippen molar-refractivity contribution < 1.29 is 23.2 Å². The summed E-state index contributed by atoms with van der Waals surface area (Å²) in [5.74, 6) is -0.635.